The highest BCUT2D eigenvalue weighted by Crippen LogP contribution is 2.28. The Morgan fingerprint density at radius 3 is 2.06 bits per heavy atom. The van der Waals surface area contributed by atoms with Crippen LogP contribution in [-0.2, 0) is 6.42 Å². The largest absolute Gasteiger partial charge is 0.339 e. The number of urea groups is 1. The highest BCUT2D eigenvalue weighted by Gasteiger charge is 2.36. The number of carbonyl (C=O) groups excluding carboxylic acids is 1. The molecule has 0 spiro atoms. The average molecular weight is 425 g/mol. The number of hydrogen-bond donors (Lipinski definition) is 1. The van der Waals surface area contributed by atoms with Gasteiger partial charge in [-0.05, 0) is 16.7 Å². The zero-order valence-corrected chi connectivity index (χ0v) is 17.6. The number of benzene rings is 3. The van der Waals surface area contributed by atoms with Gasteiger partial charge in [0.05, 0.1) is 12.0 Å². The van der Waals surface area contributed by atoms with Gasteiger partial charge < -0.3 is 14.7 Å². The Hall–Kier alpha value is -3.93. The number of carbonyl (C=O) groups is 1. The van der Waals surface area contributed by atoms with Crippen LogP contribution in [0.3, 0.4) is 0 Å². The molecular formula is C26H24N4O2. The molecule has 5 rings (SSSR count). The van der Waals surface area contributed by atoms with Crippen LogP contribution in [0.15, 0.2) is 95.5 Å². The van der Waals surface area contributed by atoms with Crippen LogP contribution in [0, 0.1) is 0 Å². The Morgan fingerprint density at radius 2 is 1.47 bits per heavy atom. The van der Waals surface area contributed by atoms with Gasteiger partial charge >= 0.3 is 6.03 Å². The van der Waals surface area contributed by atoms with E-state index in [1.54, 1.807) is 4.90 Å². The second kappa shape index (κ2) is 9.06. The normalized spacial score (nSPS) is 13.7. The summed E-state index contributed by atoms with van der Waals surface area (Å²) in [5.41, 5.74) is 3.24. The average Bonchev–Trinajstić information content (AvgIpc) is 3.26. The first-order valence-electron chi connectivity index (χ1n) is 10.8. The van der Waals surface area contributed by atoms with Gasteiger partial charge in [0.1, 0.15) is 0 Å². The molecule has 0 saturated carbocycles. The highest BCUT2D eigenvalue weighted by molar-refractivity contribution is 5.76. The molecule has 6 nitrogen and oxygen atoms in total. The zero-order chi connectivity index (χ0) is 21.8. The molecular weight excluding hydrogens is 400 g/mol. The predicted molar refractivity (Wildman–Crippen MR) is 121 cm³/mol. The number of aromatic nitrogens is 2. The maximum absolute atomic E-state index is 13.0. The first-order valence-corrected chi connectivity index (χ1v) is 10.8. The fourth-order valence-electron chi connectivity index (χ4n) is 3.95. The molecule has 3 aromatic carbocycles. The number of rotatable bonds is 6. The van der Waals surface area contributed by atoms with E-state index < -0.39 is 0 Å². The van der Waals surface area contributed by atoms with Crippen molar-refractivity contribution in [3.63, 3.8) is 0 Å². The number of amides is 2. The van der Waals surface area contributed by atoms with Crippen molar-refractivity contribution in [3.05, 3.63) is 119 Å². The fourth-order valence-corrected chi connectivity index (χ4v) is 3.95. The quantitative estimate of drug-likeness (QED) is 0.493. The fraction of sp³-hybridized carbons (Fsp3) is 0.192. The van der Waals surface area contributed by atoms with E-state index in [0.717, 1.165) is 16.7 Å². The van der Waals surface area contributed by atoms with Crippen LogP contribution in [0.1, 0.15) is 40.4 Å². The van der Waals surface area contributed by atoms with E-state index >= 15 is 0 Å². The number of nitrogens with zero attached hydrogens (tertiary/aromatic N) is 3. The second-order valence-electron chi connectivity index (χ2n) is 8.02. The number of likely N-dealkylation sites (tertiary alicyclic amines) is 1. The zero-order valence-electron chi connectivity index (χ0n) is 17.6. The Balaban J connectivity index is 1.21. The molecule has 0 bridgehead atoms. The van der Waals surface area contributed by atoms with E-state index in [9.17, 15) is 4.79 Å². The Bertz CT molecular complexity index is 1120. The summed E-state index contributed by atoms with van der Waals surface area (Å²) in [6.45, 7) is 1.13. The molecule has 0 atom stereocenters. The molecule has 1 aliphatic heterocycles. The summed E-state index contributed by atoms with van der Waals surface area (Å²) in [6.07, 6.45) is 0.636. The van der Waals surface area contributed by atoms with Crippen molar-refractivity contribution in [2.75, 3.05) is 13.1 Å². The molecule has 1 fully saturated rings. The van der Waals surface area contributed by atoms with Crippen LogP contribution >= 0.6 is 0 Å². The lowest BCUT2D eigenvalue weighted by molar-refractivity contribution is 0.135. The van der Waals surface area contributed by atoms with Gasteiger partial charge in [-0.3, -0.25) is 0 Å². The van der Waals surface area contributed by atoms with Crippen molar-refractivity contribution in [1.29, 1.82) is 0 Å². The van der Waals surface area contributed by atoms with E-state index in [0.29, 0.717) is 31.2 Å². The van der Waals surface area contributed by atoms with Gasteiger partial charge in [-0.15, -0.1) is 0 Å². The van der Waals surface area contributed by atoms with Crippen molar-refractivity contribution in [1.82, 2.24) is 20.4 Å². The van der Waals surface area contributed by atoms with Crippen molar-refractivity contribution in [2.45, 2.75) is 18.4 Å². The molecule has 1 saturated heterocycles. The summed E-state index contributed by atoms with van der Waals surface area (Å²) in [4.78, 5) is 19.3. The van der Waals surface area contributed by atoms with Crippen molar-refractivity contribution in [2.24, 2.45) is 0 Å². The van der Waals surface area contributed by atoms with Crippen LogP contribution in [0.5, 0.6) is 0 Å². The Kier molecular flexibility index (Phi) is 5.66. The Labute approximate surface area is 186 Å². The molecule has 160 valence electrons. The van der Waals surface area contributed by atoms with Gasteiger partial charge in [-0.2, -0.15) is 4.98 Å². The smallest absolute Gasteiger partial charge is 0.318 e. The Morgan fingerprint density at radius 1 is 0.906 bits per heavy atom. The lowest BCUT2D eigenvalue weighted by Crippen LogP contribution is -2.53. The molecule has 1 N–H and O–H groups in total. The lowest BCUT2D eigenvalue weighted by Gasteiger charge is -2.38. The lowest BCUT2D eigenvalue weighted by atomic mass is 9.98. The predicted octanol–water partition coefficient (Wildman–Crippen LogP) is 4.56. The summed E-state index contributed by atoms with van der Waals surface area (Å²) in [5, 5.41) is 7.29. The van der Waals surface area contributed by atoms with Crippen LogP contribution < -0.4 is 5.32 Å². The van der Waals surface area contributed by atoms with Crippen molar-refractivity contribution in [3.8, 4) is 0 Å². The third kappa shape index (κ3) is 4.39. The first-order chi connectivity index (χ1) is 15.8. The topological polar surface area (TPSA) is 71.3 Å². The molecule has 0 aliphatic carbocycles. The monoisotopic (exact) mass is 424 g/mol. The third-order valence-electron chi connectivity index (χ3n) is 5.74. The molecule has 2 amide bonds. The maximum atomic E-state index is 13.0. The first kappa shape index (κ1) is 20.0. The minimum Gasteiger partial charge on any atom is -0.339 e. The van der Waals surface area contributed by atoms with Crippen LogP contribution in [-0.4, -0.2) is 34.2 Å². The van der Waals surface area contributed by atoms with Crippen molar-refractivity contribution >= 4 is 6.03 Å². The van der Waals surface area contributed by atoms with Gasteiger partial charge in [0.2, 0.25) is 5.89 Å². The third-order valence-corrected chi connectivity index (χ3v) is 5.74. The number of nitrogens with one attached hydrogen (secondary N) is 1. The molecule has 0 unspecified atom stereocenters. The van der Waals surface area contributed by atoms with Gasteiger partial charge in [0.15, 0.2) is 5.82 Å². The molecule has 1 aliphatic rings. The second-order valence-corrected chi connectivity index (χ2v) is 8.02. The summed E-state index contributed by atoms with van der Waals surface area (Å²) in [6, 6.07) is 29.8. The van der Waals surface area contributed by atoms with E-state index in [2.05, 4.69) is 15.5 Å². The number of hydrogen-bond acceptors (Lipinski definition) is 4. The summed E-state index contributed by atoms with van der Waals surface area (Å²) in [5.74, 6) is 1.34. The van der Waals surface area contributed by atoms with Gasteiger partial charge in [0.25, 0.3) is 0 Å². The van der Waals surface area contributed by atoms with Crippen LogP contribution in [0.4, 0.5) is 4.79 Å². The molecule has 0 radical (unpaired) electrons. The van der Waals surface area contributed by atoms with E-state index in [1.165, 1.54) is 0 Å². The minimum absolute atomic E-state index is 0.0738. The summed E-state index contributed by atoms with van der Waals surface area (Å²) in [7, 11) is 0. The molecule has 32 heavy (non-hydrogen) atoms. The summed E-state index contributed by atoms with van der Waals surface area (Å²) >= 11 is 0. The van der Waals surface area contributed by atoms with Gasteiger partial charge in [0, 0.05) is 19.5 Å². The van der Waals surface area contributed by atoms with Crippen molar-refractivity contribution < 1.29 is 9.32 Å². The molecule has 6 heteroatoms. The van der Waals surface area contributed by atoms with E-state index in [1.807, 2.05) is 91.0 Å². The molecule has 4 aromatic rings. The molecule has 2 heterocycles. The minimum atomic E-state index is -0.204. The molecule has 1 aromatic heterocycles. The van der Waals surface area contributed by atoms with E-state index in [-0.39, 0.29) is 18.0 Å². The standard InChI is InChI=1S/C26H24N4O2/c31-26(28-24(20-12-6-2-7-13-20)21-14-8-3-9-15-21)30-17-22(18-30)25-27-23(29-32-25)16-19-10-4-1-5-11-19/h1-15,22,24H,16-18H2,(H,28,31). The van der Waals surface area contributed by atoms with E-state index in [4.69, 9.17) is 4.52 Å². The van der Waals surface area contributed by atoms with Crippen LogP contribution in [0.2, 0.25) is 0 Å². The highest BCUT2D eigenvalue weighted by atomic mass is 16.5. The summed E-state index contributed by atoms with van der Waals surface area (Å²) < 4.78 is 5.47. The maximum Gasteiger partial charge on any atom is 0.318 e. The van der Waals surface area contributed by atoms with Gasteiger partial charge in [-0.1, -0.05) is 96.2 Å². The van der Waals surface area contributed by atoms with Gasteiger partial charge in [-0.25, -0.2) is 4.79 Å². The SMILES string of the molecule is O=C(NC(c1ccccc1)c1ccccc1)N1CC(c2nc(Cc3ccccc3)no2)C1. The van der Waals surface area contributed by atoms with Crippen LogP contribution in [0.25, 0.3) is 0 Å².